The summed E-state index contributed by atoms with van der Waals surface area (Å²) in [6.45, 7) is 1.85. The summed E-state index contributed by atoms with van der Waals surface area (Å²) in [5, 5.41) is 9.50. The van der Waals surface area contributed by atoms with E-state index in [4.69, 9.17) is 0 Å². The lowest BCUT2D eigenvalue weighted by Crippen LogP contribution is -2.43. The summed E-state index contributed by atoms with van der Waals surface area (Å²) in [4.78, 5) is 11.7. The van der Waals surface area contributed by atoms with Gasteiger partial charge in [-0.1, -0.05) is 45.8 Å². The van der Waals surface area contributed by atoms with Gasteiger partial charge in [0.1, 0.15) is 6.04 Å². The van der Waals surface area contributed by atoms with Crippen LogP contribution in [0, 0.1) is 6.92 Å². The van der Waals surface area contributed by atoms with Gasteiger partial charge in [-0.3, -0.25) is 4.79 Å². The summed E-state index contributed by atoms with van der Waals surface area (Å²) in [7, 11) is -2.59. The predicted octanol–water partition coefficient (Wildman–Crippen LogP) is 3.07. The molecule has 0 saturated heterocycles. The molecule has 0 aliphatic carbocycles. The Morgan fingerprint density at radius 2 is 1.67 bits per heavy atom. The van der Waals surface area contributed by atoms with Crippen molar-refractivity contribution in [2.45, 2.75) is 24.3 Å². The second-order valence-corrected chi connectivity index (χ2v) is 8.43. The van der Waals surface area contributed by atoms with Crippen LogP contribution < -0.4 is 0 Å². The maximum atomic E-state index is 12.7. The number of hydrogen-bond acceptors (Lipinski definition) is 3. The van der Waals surface area contributed by atoms with Gasteiger partial charge in [0.05, 0.1) is 4.90 Å². The number of benzene rings is 2. The largest absolute Gasteiger partial charge is 0.480 e. The van der Waals surface area contributed by atoms with Crippen molar-refractivity contribution in [2.24, 2.45) is 0 Å². The van der Waals surface area contributed by atoms with Crippen molar-refractivity contribution in [3.8, 4) is 0 Å². The zero-order valence-corrected chi connectivity index (χ0v) is 15.7. The monoisotopic (exact) mass is 411 g/mol. The minimum atomic E-state index is -3.89. The van der Waals surface area contributed by atoms with Gasteiger partial charge in [0.2, 0.25) is 10.0 Å². The second-order valence-electron chi connectivity index (χ2n) is 5.52. The Hall–Kier alpha value is -1.70. The Bertz CT molecular complexity index is 817. The molecule has 0 bridgehead atoms. The molecule has 7 heteroatoms. The Morgan fingerprint density at radius 3 is 2.17 bits per heavy atom. The van der Waals surface area contributed by atoms with Gasteiger partial charge in [0.25, 0.3) is 0 Å². The van der Waals surface area contributed by atoms with Crippen molar-refractivity contribution in [1.29, 1.82) is 0 Å². The molecule has 24 heavy (non-hydrogen) atoms. The Labute approximate surface area is 150 Å². The number of carboxylic acids is 1. The van der Waals surface area contributed by atoms with Crippen LogP contribution in [-0.4, -0.2) is 36.9 Å². The van der Waals surface area contributed by atoms with E-state index in [1.807, 2.05) is 6.92 Å². The van der Waals surface area contributed by atoms with Gasteiger partial charge in [-0.15, -0.1) is 0 Å². The zero-order valence-electron chi connectivity index (χ0n) is 13.3. The van der Waals surface area contributed by atoms with Crippen molar-refractivity contribution in [3.63, 3.8) is 0 Å². The van der Waals surface area contributed by atoms with E-state index in [0.717, 1.165) is 19.9 Å². The van der Waals surface area contributed by atoms with Crippen LogP contribution in [0.15, 0.2) is 57.9 Å². The highest BCUT2D eigenvalue weighted by Gasteiger charge is 2.32. The first-order valence-corrected chi connectivity index (χ1v) is 9.47. The third kappa shape index (κ3) is 4.23. The van der Waals surface area contributed by atoms with E-state index < -0.39 is 22.0 Å². The molecule has 2 aromatic rings. The number of likely N-dealkylation sites (N-methyl/N-ethyl adjacent to an activating group) is 1. The van der Waals surface area contributed by atoms with Crippen LogP contribution in [0.25, 0.3) is 0 Å². The molecule has 0 aliphatic rings. The van der Waals surface area contributed by atoms with Gasteiger partial charge >= 0.3 is 5.97 Å². The second kappa shape index (κ2) is 7.46. The zero-order chi connectivity index (χ0) is 17.9. The van der Waals surface area contributed by atoms with Gasteiger partial charge in [0.15, 0.2) is 0 Å². The fraction of sp³-hybridized carbons (Fsp3) is 0.235. The maximum absolute atomic E-state index is 12.7. The molecular formula is C17H18BrNO4S. The van der Waals surface area contributed by atoms with Crippen molar-refractivity contribution < 1.29 is 18.3 Å². The van der Waals surface area contributed by atoms with Crippen molar-refractivity contribution >= 4 is 31.9 Å². The minimum Gasteiger partial charge on any atom is -0.480 e. The van der Waals surface area contributed by atoms with E-state index in [9.17, 15) is 18.3 Å². The lowest BCUT2D eigenvalue weighted by Gasteiger charge is -2.24. The Kier molecular flexibility index (Phi) is 5.79. The van der Waals surface area contributed by atoms with Crippen LogP contribution in [0.3, 0.4) is 0 Å². The molecule has 0 radical (unpaired) electrons. The average Bonchev–Trinajstić information content (AvgIpc) is 2.53. The molecule has 1 atom stereocenters. The van der Waals surface area contributed by atoms with Crippen LogP contribution in [0.4, 0.5) is 0 Å². The van der Waals surface area contributed by atoms with Gasteiger partial charge in [-0.25, -0.2) is 8.42 Å². The number of carbonyl (C=O) groups is 1. The highest BCUT2D eigenvalue weighted by Crippen LogP contribution is 2.20. The lowest BCUT2D eigenvalue weighted by molar-refractivity contribution is -0.141. The fourth-order valence-corrected chi connectivity index (χ4v) is 3.84. The topological polar surface area (TPSA) is 74.7 Å². The van der Waals surface area contributed by atoms with Crippen molar-refractivity contribution in [3.05, 3.63) is 64.1 Å². The Morgan fingerprint density at radius 1 is 1.12 bits per heavy atom. The fourth-order valence-electron chi connectivity index (χ4n) is 2.26. The number of sulfonamides is 1. The van der Waals surface area contributed by atoms with Crippen LogP contribution in [0.2, 0.25) is 0 Å². The number of rotatable bonds is 6. The SMILES string of the molecule is Cc1ccc(S(=O)(=O)N(C)[C@@H](Cc2ccc(Br)cc2)C(=O)O)cc1. The van der Waals surface area contributed by atoms with Gasteiger partial charge in [0, 0.05) is 11.5 Å². The maximum Gasteiger partial charge on any atom is 0.322 e. The van der Waals surface area contributed by atoms with Crippen LogP contribution >= 0.6 is 15.9 Å². The molecule has 5 nitrogen and oxygen atoms in total. The van der Waals surface area contributed by atoms with Crippen molar-refractivity contribution in [1.82, 2.24) is 4.31 Å². The summed E-state index contributed by atoms with van der Waals surface area (Å²) < 4.78 is 27.2. The third-order valence-electron chi connectivity index (χ3n) is 3.76. The number of aliphatic carboxylic acids is 1. The van der Waals surface area contributed by atoms with E-state index in [1.165, 1.54) is 19.2 Å². The molecule has 128 valence electrons. The van der Waals surface area contributed by atoms with Crippen molar-refractivity contribution in [2.75, 3.05) is 7.05 Å². The first kappa shape index (κ1) is 18.6. The molecule has 0 aromatic heterocycles. The highest BCUT2D eigenvalue weighted by atomic mass is 79.9. The highest BCUT2D eigenvalue weighted by molar-refractivity contribution is 9.10. The summed E-state index contributed by atoms with van der Waals surface area (Å²) in [6.07, 6.45) is 0.0875. The molecule has 1 N–H and O–H groups in total. The minimum absolute atomic E-state index is 0.0812. The van der Waals surface area contributed by atoms with Crippen LogP contribution in [0.1, 0.15) is 11.1 Å². The summed E-state index contributed by atoms with van der Waals surface area (Å²) in [5.74, 6) is -1.18. The van der Waals surface area contributed by atoms with E-state index in [-0.39, 0.29) is 11.3 Å². The first-order chi connectivity index (χ1) is 11.2. The molecule has 0 saturated carbocycles. The van der Waals surface area contributed by atoms with Crippen LogP contribution in [-0.2, 0) is 21.2 Å². The lowest BCUT2D eigenvalue weighted by atomic mass is 10.1. The summed E-state index contributed by atoms with van der Waals surface area (Å²) in [6, 6.07) is 12.3. The molecule has 0 amide bonds. The Balaban J connectivity index is 2.31. The van der Waals surface area contributed by atoms with E-state index in [2.05, 4.69) is 15.9 Å². The molecule has 0 aliphatic heterocycles. The van der Waals surface area contributed by atoms with Crippen LogP contribution in [0.5, 0.6) is 0 Å². The number of halogens is 1. The first-order valence-electron chi connectivity index (χ1n) is 7.24. The normalized spacial score (nSPS) is 13.0. The molecule has 0 unspecified atom stereocenters. The molecule has 2 rings (SSSR count). The number of nitrogens with zero attached hydrogens (tertiary/aromatic N) is 1. The molecule has 0 spiro atoms. The quantitative estimate of drug-likeness (QED) is 0.792. The number of carboxylic acid groups (broad SMARTS) is 1. The van der Waals surface area contributed by atoms with Gasteiger partial charge in [-0.05, 0) is 43.2 Å². The molecule has 0 heterocycles. The standard InChI is InChI=1S/C17H18BrNO4S/c1-12-3-9-15(10-4-12)24(22,23)19(2)16(17(20)21)11-13-5-7-14(18)8-6-13/h3-10,16H,11H2,1-2H3,(H,20,21)/t16-/m0/s1. The number of hydrogen-bond donors (Lipinski definition) is 1. The molecule has 2 aromatic carbocycles. The molecule has 0 fully saturated rings. The summed E-state index contributed by atoms with van der Waals surface area (Å²) >= 11 is 3.32. The molecular weight excluding hydrogens is 394 g/mol. The van der Waals surface area contributed by atoms with Gasteiger partial charge < -0.3 is 5.11 Å². The predicted molar refractivity (Wildman–Crippen MR) is 95.4 cm³/mol. The average molecular weight is 412 g/mol. The smallest absolute Gasteiger partial charge is 0.322 e. The van der Waals surface area contributed by atoms with E-state index in [0.29, 0.717) is 0 Å². The van der Waals surface area contributed by atoms with E-state index in [1.54, 1.807) is 36.4 Å². The van der Waals surface area contributed by atoms with Gasteiger partial charge in [-0.2, -0.15) is 4.31 Å². The summed E-state index contributed by atoms with van der Waals surface area (Å²) in [5.41, 5.74) is 1.68. The van der Waals surface area contributed by atoms with E-state index >= 15 is 0 Å². The third-order valence-corrected chi connectivity index (χ3v) is 6.17. The number of aryl methyl sites for hydroxylation is 1.